The molecule has 0 bridgehead atoms. The van der Waals surface area contributed by atoms with Crippen molar-refractivity contribution in [3.8, 4) is 0 Å². The van der Waals surface area contributed by atoms with Crippen molar-refractivity contribution in [1.82, 2.24) is 4.57 Å². The summed E-state index contributed by atoms with van der Waals surface area (Å²) in [6.45, 7) is 1.14. The van der Waals surface area contributed by atoms with Crippen LogP contribution in [0.4, 0.5) is 0 Å². The van der Waals surface area contributed by atoms with Gasteiger partial charge in [-0.2, -0.15) is 0 Å². The number of aliphatic hydroxyl groups is 1. The van der Waals surface area contributed by atoms with E-state index >= 15 is 0 Å². The van der Waals surface area contributed by atoms with Crippen LogP contribution in [-0.4, -0.2) is 15.8 Å². The Kier molecular flexibility index (Phi) is 4.08. The third-order valence-corrected chi connectivity index (χ3v) is 4.82. The first-order chi connectivity index (χ1) is 11.7. The molecular formula is C20H18BrN2O+. The van der Waals surface area contributed by atoms with Crippen molar-refractivity contribution in [2.75, 3.05) is 0 Å². The Labute approximate surface area is 148 Å². The van der Waals surface area contributed by atoms with Crippen molar-refractivity contribution < 1.29 is 9.67 Å². The smallest absolute Gasteiger partial charge is 0.175 e. The summed E-state index contributed by atoms with van der Waals surface area (Å²) in [4.78, 5) is 0. The van der Waals surface area contributed by atoms with E-state index in [2.05, 4.69) is 56.9 Å². The number of nitrogens with zero attached hydrogens (tertiary/aromatic N) is 2. The van der Waals surface area contributed by atoms with Crippen LogP contribution < -0.4 is 4.57 Å². The number of pyridine rings is 1. The maximum atomic E-state index is 10.6. The molecule has 0 radical (unpaired) electrons. The highest BCUT2D eigenvalue weighted by molar-refractivity contribution is 9.10. The third-order valence-electron chi connectivity index (χ3n) is 4.33. The minimum absolute atomic E-state index is 0.458. The molecule has 0 saturated carbocycles. The van der Waals surface area contributed by atoms with Gasteiger partial charge in [-0.3, -0.25) is 0 Å². The van der Waals surface area contributed by atoms with Crippen LogP contribution in [0.15, 0.2) is 77.5 Å². The van der Waals surface area contributed by atoms with Gasteiger partial charge in [-0.1, -0.05) is 40.2 Å². The zero-order valence-electron chi connectivity index (χ0n) is 13.1. The SMILES string of the molecule is OC(Cn1c2ccccc2c2cc(Br)ccc21)C[n+]1ccccc1. The van der Waals surface area contributed by atoms with Gasteiger partial charge < -0.3 is 9.67 Å². The Balaban J connectivity index is 1.75. The van der Waals surface area contributed by atoms with E-state index in [1.54, 1.807) is 0 Å². The van der Waals surface area contributed by atoms with Crippen molar-refractivity contribution in [3.05, 3.63) is 77.5 Å². The van der Waals surface area contributed by atoms with E-state index in [0.29, 0.717) is 13.1 Å². The lowest BCUT2D eigenvalue weighted by molar-refractivity contribution is -0.703. The molecule has 2 aromatic carbocycles. The molecule has 4 aromatic rings. The van der Waals surface area contributed by atoms with Crippen LogP contribution in [0.25, 0.3) is 21.8 Å². The van der Waals surface area contributed by atoms with Gasteiger partial charge in [-0.25, -0.2) is 4.57 Å². The first-order valence-corrected chi connectivity index (χ1v) is 8.80. The van der Waals surface area contributed by atoms with E-state index in [9.17, 15) is 5.11 Å². The Bertz CT molecular complexity index is 995. The summed E-state index contributed by atoms with van der Waals surface area (Å²) in [6, 6.07) is 20.6. The molecule has 120 valence electrons. The Morgan fingerprint density at radius 2 is 1.67 bits per heavy atom. The molecule has 0 saturated heterocycles. The molecular weight excluding hydrogens is 364 g/mol. The van der Waals surface area contributed by atoms with E-state index in [0.717, 1.165) is 15.5 Å². The number of rotatable bonds is 4. The molecule has 1 unspecified atom stereocenters. The highest BCUT2D eigenvalue weighted by Crippen LogP contribution is 2.31. The molecule has 2 heterocycles. The molecule has 0 aliphatic carbocycles. The third kappa shape index (κ3) is 2.83. The van der Waals surface area contributed by atoms with Gasteiger partial charge in [-0.05, 0) is 24.3 Å². The predicted octanol–water partition coefficient (Wildman–Crippen LogP) is 3.91. The van der Waals surface area contributed by atoms with E-state index in [-0.39, 0.29) is 0 Å². The monoisotopic (exact) mass is 381 g/mol. The first kappa shape index (κ1) is 15.4. The molecule has 0 aliphatic heterocycles. The number of para-hydroxylation sites is 1. The average Bonchev–Trinajstić information content (AvgIpc) is 2.89. The fourth-order valence-corrected chi connectivity index (χ4v) is 3.65. The van der Waals surface area contributed by atoms with Crippen LogP contribution >= 0.6 is 15.9 Å². The molecule has 4 rings (SSSR count). The second-order valence-corrected chi connectivity index (χ2v) is 6.93. The lowest BCUT2D eigenvalue weighted by atomic mass is 10.2. The van der Waals surface area contributed by atoms with Crippen LogP contribution in [0.1, 0.15) is 0 Å². The minimum Gasteiger partial charge on any atom is -0.385 e. The molecule has 0 fully saturated rings. The molecule has 0 aliphatic rings. The van der Waals surface area contributed by atoms with Crippen molar-refractivity contribution in [2.45, 2.75) is 19.2 Å². The molecule has 3 nitrogen and oxygen atoms in total. The summed E-state index contributed by atoms with van der Waals surface area (Å²) in [5, 5.41) is 13.0. The van der Waals surface area contributed by atoms with Crippen LogP contribution in [-0.2, 0) is 13.1 Å². The number of benzene rings is 2. The van der Waals surface area contributed by atoms with Gasteiger partial charge >= 0.3 is 0 Å². The molecule has 24 heavy (non-hydrogen) atoms. The summed E-state index contributed by atoms with van der Waals surface area (Å²) < 4.78 is 5.29. The van der Waals surface area contributed by atoms with Crippen molar-refractivity contribution in [1.29, 1.82) is 0 Å². The lowest BCUT2D eigenvalue weighted by Crippen LogP contribution is -2.40. The largest absolute Gasteiger partial charge is 0.385 e. The van der Waals surface area contributed by atoms with Gasteiger partial charge in [0.15, 0.2) is 18.9 Å². The molecule has 1 atom stereocenters. The standard InChI is InChI=1S/C20H18BrN2O/c21-15-8-9-20-18(12-15)17-6-2-3-7-19(17)23(20)14-16(24)13-22-10-4-1-5-11-22/h1-12,16,24H,13-14H2/q+1. The van der Waals surface area contributed by atoms with Crippen molar-refractivity contribution >= 4 is 37.7 Å². The second kappa shape index (κ2) is 6.38. The summed E-state index contributed by atoms with van der Waals surface area (Å²) >= 11 is 3.56. The fraction of sp³-hybridized carbons (Fsp3) is 0.150. The first-order valence-electron chi connectivity index (χ1n) is 8.01. The fourth-order valence-electron chi connectivity index (χ4n) is 3.29. The van der Waals surface area contributed by atoms with Gasteiger partial charge in [0.2, 0.25) is 0 Å². The van der Waals surface area contributed by atoms with E-state index in [1.807, 2.05) is 41.2 Å². The van der Waals surface area contributed by atoms with Crippen LogP contribution in [0.5, 0.6) is 0 Å². The Morgan fingerprint density at radius 1 is 0.917 bits per heavy atom. The topological polar surface area (TPSA) is 29.0 Å². The summed E-state index contributed by atoms with van der Waals surface area (Å²) in [5.74, 6) is 0. The van der Waals surface area contributed by atoms with Gasteiger partial charge in [0.1, 0.15) is 6.10 Å². The quantitative estimate of drug-likeness (QED) is 0.533. The molecule has 1 N–H and O–H groups in total. The highest BCUT2D eigenvalue weighted by Gasteiger charge is 2.16. The molecule has 0 amide bonds. The lowest BCUT2D eigenvalue weighted by Gasteiger charge is -2.11. The normalized spacial score (nSPS) is 12.8. The number of aliphatic hydroxyl groups excluding tert-OH is 1. The second-order valence-electron chi connectivity index (χ2n) is 6.02. The van der Waals surface area contributed by atoms with Crippen LogP contribution in [0.3, 0.4) is 0 Å². The number of halogens is 1. The van der Waals surface area contributed by atoms with E-state index in [1.165, 1.54) is 10.8 Å². The number of aromatic nitrogens is 2. The van der Waals surface area contributed by atoms with Crippen LogP contribution in [0.2, 0.25) is 0 Å². The van der Waals surface area contributed by atoms with Crippen LogP contribution in [0, 0.1) is 0 Å². The van der Waals surface area contributed by atoms with Gasteiger partial charge in [0.25, 0.3) is 0 Å². The zero-order chi connectivity index (χ0) is 16.5. The molecule has 0 spiro atoms. The van der Waals surface area contributed by atoms with Gasteiger partial charge in [-0.15, -0.1) is 0 Å². The molecule has 2 aromatic heterocycles. The number of hydrogen-bond donors (Lipinski definition) is 1. The van der Waals surface area contributed by atoms with Crippen molar-refractivity contribution in [3.63, 3.8) is 0 Å². The minimum atomic E-state index is -0.458. The Morgan fingerprint density at radius 3 is 2.50 bits per heavy atom. The zero-order valence-corrected chi connectivity index (χ0v) is 14.7. The van der Waals surface area contributed by atoms with Gasteiger partial charge in [0.05, 0.1) is 6.54 Å². The maximum Gasteiger partial charge on any atom is 0.175 e. The van der Waals surface area contributed by atoms with Gasteiger partial charge in [0, 0.05) is 38.4 Å². The highest BCUT2D eigenvalue weighted by atomic mass is 79.9. The summed E-state index contributed by atoms with van der Waals surface area (Å²) in [6.07, 6.45) is 3.50. The predicted molar refractivity (Wildman–Crippen MR) is 99.8 cm³/mol. The average molecular weight is 382 g/mol. The number of fused-ring (bicyclic) bond motifs is 3. The Hall–Kier alpha value is -2.17. The molecule has 4 heteroatoms. The van der Waals surface area contributed by atoms with Crippen molar-refractivity contribution in [2.24, 2.45) is 0 Å². The van der Waals surface area contributed by atoms with E-state index in [4.69, 9.17) is 0 Å². The number of hydrogen-bond acceptors (Lipinski definition) is 1. The summed E-state index contributed by atoms with van der Waals surface area (Å²) in [5.41, 5.74) is 2.30. The maximum absolute atomic E-state index is 10.6. The summed E-state index contributed by atoms with van der Waals surface area (Å²) in [7, 11) is 0. The van der Waals surface area contributed by atoms with E-state index < -0.39 is 6.10 Å².